The van der Waals surface area contributed by atoms with Gasteiger partial charge in [0.15, 0.2) is 0 Å². The molecule has 0 saturated carbocycles. The van der Waals surface area contributed by atoms with Crippen molar-refractivity contribution in [3.05, 3.63) is 64.6 Å². The second kappa shape index (κ2) is 11.3. The Morgan fingerprint density at radius 1 is 1.10 bits per heavy atom. The number of hydrogen-bond acceptors (Lipinski definition) is 4. The van der Waals surface area contributed by atoms with Crippen LogP contribution in [-0.2, 0) is 26.0 Å². The highest BCUT2D eigenvalue weighted by Gasteiger charge is 2.31. The third-order valence-corrected chi connectivity index (χ3v) is 6.53. The third kappa shape index (κ3) is 7.07. The quantitative estimate of drug-likeness (QED) is 0.533. The van der Waals surface area contributed by atoms with Gasteiger partial charge in [0.2, 0.25) is 21.8 Å². The van der Waals surface area contributed by atoms with Gasteiger partial charge in [0.1, 0.15) is 12.6 Å². The minimum Gasteiger partial charge on any atom is -0.357 e. The molecule has 0 fully saturated rings. The van der Waals surface area contributed by atoms with Crippen LogP contribution in [-0.4, -0.2) is 57.6 Å². The summed E-state index contributed by atoms with van der Waals surface area (Å²) in [5, 5.41) is 2.60. The van der Waals surface area contributed by atoms with Gasteiger partial charge in [-0.25, -0.2) is 8.42 Å². The second-order valence-electron chi connectivity index (χ2n) is 7.11. The molecule has 0 heterocycles. The Morgan fingerprint density at radius 2 is 1.77 bits per heavy atom. The van der Waals surface area contributed by atoms with Crippen LogP contribution in [0.15, 0.2) is 59.1 Å². The fourth-order valence-electron chi connectivity index (χ4n) is 3.31. The number of hydrogen-bond donors (Lipinski definition) is 1. The molecule has 0 radical (unpaired) electrons. The zero-order chi connectivity index (χ0) is 23.0. The van der Waals surface area contributed by atoms with Crippen molar-refractivity contribution in [3.8, 4) is 0 Å². The molecule has 0 bridgehead atoms. The minimum absolute atomic E-state index is 0.280. The van der Waals surface area contributed by atoms with Crippen molar-refractivity contribution >= 4 is 43.5 Å². The summed E-state index contributed by atoms with van der Waals surface area (Å²) in [6.07, 6.45) is 2.03. The first-order valence-electron chi connectivity index (χ1n) is 9.95. The highest BCUT2D eigenvalue weighted by Crippen LogP contribution is 2.22. The normalized spacial score (nSPS) is 12.1. The van der Waals surface area contributed by atoms with Crippen LogP contribution in [0.2, 0.25) is 0 Å². The second-order valence-corrected chi connectivity index (χ2v) is 9.93. The van der Waals surface area contributed by atoms with E-state index in [4.69, 9.17) is 0 Å². The summed E-state index contributed by atoms with van der Waals surface area (Å²) in [5.74, 6) is -0.714. The maximum atomic E-state index is 13.3. The number of sulfonamides is 1. The van der Waals surface area contributed by atoms with Crippen molar-refractivity contribution in [1.29, 1.82) is 0 Å². The van der Waals surface area contributed by atoms with Crippen LogP contribution in [0.3, 0.4) is 0 Å². The van der Waals surface area contributed by atoms with Gasteiger partial charge >= 0.3 is 0 Å². The van der Waals surface area contributed by atoms with Crippen LogP contribution in [0.1, 0.15) is 18.9 Å². The van der Waals surface area contributed by atoms with Crippen LogP contribution in [0.4, 0.5) is 5.69 Å². The van der Waals surface area contributed by atoms with E-state index in [1.54, 1.807) is 24.3 Å². The Balaban J connectivity index is 2.33. The molecule has 1 atom stereocenters. The Morgan fingerprint density at radius 3 is 2.32 bits per heavy atom. The molecule has 9 heteroatoms. The van der Waals surface area contributed by atoms with E-state index in [0.717, 1.165) is 16.1 Å². The molecular weight excluding hydrogens is 482 g/mol. The molecule has 0 spiro atoms. The van der Waals surface area contributed by atoms with Gasteiger partial charge in [0, 0.05) is 18.1 Å². The summed E-state index contributed by atoms with van der Waals surface area (Å²) >= 11 is 3.34. The summed E-state index contributed by atoms with van der Waals surface area (Å²) in [4.78, 5) is 27.3. The van der Waals surface area contributed by atoms with Gasteiger partial charge in [-0.3, -0.25) is 13.9 Å². The highest BCUT2D eigenvalue weighted by atomic mass is 79.9. The molecule has 0 aliphatic carbocycles. The summed E-state index contributed by atoms with van der Waals surface area (Å²) in [7, 11) is -2.20. The molecule has 31 heavy (non-hydrogen) atoms. The van der Waals surface area contributed by atoms with Crippen LogP contribution in [0.5, 0.6) is 0 Å². The van der Waals surface area contributed by atoms with Gasteiger partial charge in [-0.1, -0.05) is 59.3 Å². The molecule has 2 aromatic rings. The Bertz CT molecular complexity index is 999. The van der Waals surface area contributed by atoms with Gasteiger partial charge in [0.05, 0.1) is 11.9 Å². The van der Waals surface area contributed by atoms with Crippen molar-refractivity contribution in [2.45, 2.75) is 25.8 Å². The molecule has 2 rings (SSSR count). The van der Waals surface area contributed by atoms with E-state index in [1.807, 2.05) is 37.3 Å². The monoisotopic (exact) mass is 509 g/mol. The maximum absolute atomic E-state index is 13.3. The lowest BCUT2D eigenvalue weighted by Gasteiger charge is -2.32. The van der Waals surface area contributed by atoms with Crippen LogP contribution >= 0.6 is 15.9 Å². The first-order chi connectivity index (χ1) is 14.7. The lowest BCUT2D eigenvalue weighted by Crippen LogP contribution is -2.52. The predicted octanol–water partition coefficient (Wildman–Crippen LogP) is 2.81. The summed E-state index contributed by atoms with van der Waals surface area (Å²) in [6.45, 7) is 1.73. The first kappa shape index (κ1) is 24.9. The number of anilines is 1. The van der Waals surface area contributed by atoms with Crippen molar-refractivity contribution < 1.29 is 18.0 Å². The summed E-state index contributed by atoms with van der Waals surface area (Å²) < 4.78 is 26.7. The Hall–Kier alpha value is -2.39. The zero-order valence-electron chi connectivity index (χ0n) is 17.9. The number of halogens is 1. The molecule has 0 aromatic heterocycles. The molecular formula is C22H28BrN3O4S. The lowest BCUT2D eigenvalue weighted by molar-refractivity contribution is -0.139. The number of benzene rings is 2. The fourth-order valence-corrected chi connectivity index (χ4v) is 4.54. The van der Waals surface area contributed by atoms with E-state index < -0.39 is 28.5 Å². The van der Waals surface area contributed by atoms with Gasteiger partial charge < -0.3 is 10.2 Å². The predicted molar refractivity (Wildman–Crippen MR) is 126 cm³/mol. The van der Waals surface area contributed by atoms with Crippen LogP contribution < -0.4 is 9.62 Å². The number of carbonyl (C=O) groups is 2. The summed E-state index contributed by atoms with van der Waals surface area (Å²) in [5.41, 5.74) is 1.40. The minimum atomic E-state index is -3.72. The lowest BCUT2D eigenvalue weighted by atomic mass is 10.1. The fraction of sp³-hybridized carbons (Fsp3) is 0.364. The smallest absolute Gasteiger partial charge is 0.244 e. The van der Waals surface area contributed by atoms with E-state index in [0.29, 0.717) is 29.5 Å². The van der Waals surface area contributed by atoms with Gasteiger partial charge in [-0.05, 0) is 36.6 Å². The van der Waals surface area contributed by atoms with Crippen LogP contribution in [0, 0.1) is 0 Å². The van der Waals surface area contributed by atoms with Crippen molar-refractivity contribution in [3.63, 3.8) is 0 Å². The molecule has 168 valence electrons. The number of carbonyl (C=O) groups excluding carboxylic acids is 2. The average molecular weight is 510 g/mol. The number of nitrogens with one attached hydrogen (secondary N) is 1. The van der Waals surface area contributed by atoms with E-state index in [-0.39, 0.29) is 5.91 Å². The maximum Gasteiger partial charge on any atom is 0.244 e. The number of nitrogens with zero attached hydrogens (tertiary/aromatic N) is 2. The van der Waals surface area contributed by atoms with Gasteiger partial charge in [-0.15, -0.1) is 0 Å². The van der Waals surface area contributed by atoms with E-state index in [2.05, 4.69) is 21.2 Å². The SMILES string of the molecule is CC[C@H](C(=O)NC)N(CCc1ccccc1)C(=O)CN(c1cccc(Br)c1)S(C)(=O)=O. The van der Waals surface area contributed by atoms with Crippen molar-refractivity contribution in [2.24, 2.45) is 0 Å². The Kier molecular flexibility index (Phi) is 9.06. The molecule has 2 amide bonds. The summed E-state index contributed by atoms with van der Waals surface area (Å²) in [6, 6.07) is 15.7. The van der Waals surface area contributed by atoms with E-state index in [1.165, 1.54) is 11.9 Å². The first-order valence-corrected chi connectivity index (χ1v) is 12.6. The van der Waals surface area contributed by atoms with Crippen molar-refractivity contribution in [1.82, 2.24) is 10.2 Å². The largest absolute Gasteiger partial charge is 0.357 e. The zero-order valence-corrected chi connectivity index (χ0v) is 20.3. The average Bonchev–Trinajstić information content (AvgIpc) is 2.74. The van der Waals surface area contributed by atoms with Gasteiger partial charge in [0.25, 0.3) is 0 Å². The topological polar surface area (TPSA) is 86.8 Å². The standard InChI is InChI=1S/C22H28BrN3O4S/c1-4-20(22(28)24-2)25(14-13-17-9-6-5-7-10-17)21(27)16-26(31(3,29)30)19-12-8-11-18(23)15-19/h5-12,15,20H,4,13-14,16H2,1-3H3,(H,24,28)/t20-/m1/s1. The molecule has 7 nitrogen and oxygen atoms in total. The molecule has 0 saturated heterocycles. The molecule has 1 N–H and O–H groups in total. The van der Waals surface area contributed by atoms with Crippen molar-refractivity contribution in [2.75, 3.05) is 30.7 Å². The van der Waals surface area contributed by atoms with E-state index in [9.17, 15) is 18.0 Å². The number of rotatable bonds is 10. The third-order valence-electron chi connectivity index (χ3n) is 4.89. The Labute approximate surface area is 192 Å². The number of amides is 2. The van der Waals surface area contributed by atoms with Crippen LogP contribution in [0.25, 0.3) is 0 Å². The number of likely N-dealkylation sites (N-methyl/N-ethyl adjacent to an activating group) is 1. The molecule has 2 aromatic carbocycles. The highest BCUT2D eigenvalue weighted by molar-refractivity contribution is 9.10. The van der Waals surface area contributed by atoms with E-state index >= 15 is 0 Å². The molecule has 0 aliphatic rings. The van der Waals surface area contributed by atoms with Gasteiger partial charge in [-0.2, -0.15) is 0 Å². The molecule has 0 unspecified atom stereocenters. The molecule has 0 aliphatic heterocycles.